The summed E-state index contributed by atoms with van der Waals surface area (Å²) >= 11 is 0. The summed E-state index contributed by atoms with van der Waals surface area (Å²) in [6.45, 7) is 6.15. The van der Waals surface area contributed by atoms with Crippen molar-refractivity contribution in [2.45, 2.75) is 39.4 Å². The number of hydrogen-bond acceptors (Lipinski definition) is 5. The van der Waals surface area contributed by atoms with E-state index in [1.54, 1.807) is 7.11 Å². The van der Waals surface area contributed by atoms with Crippen molar-refractivity contribution >= 4 is 11.8 Å². The number of methoxy groups -OCH3 is 1. The van der Waals surface area contributed by atoms with Crippen molar-refractivity contribution in [1.82, 2.24) is 20.5 Å². The first kappa shape index (κ1) is 20.8. The van der Waals surface area contributed by atoms with E-state index in [9.17, 15) is 9.59 Å². The molecule has 0 spiro atoms. The van der Waals surface area contributed by atoms with Crippen molar-refractivity contribution in [1.29, 1.82) is 0 Å². The van der Waals surface area contributed by atoms with Crippen molar-refractivity contribution in [3.05, 3.63) is 58.9 Å². The van der Waals surface area contributed by atoms with Gasteiger partial charge in [-0.1, -0.05) is 18.2 Å². The van der Waals surface area contributed by atoms with Crippen molar-refractivity contribution in [2.75, 3.05) is 20.2 Å². The first-order chi connectivity index (χ1) is 14.0. The molecular formula is C22H28N4O3. The number of aromatic nitrogens is 1. The molecule has 0 radical (unpaired) electrons. The van der Waals surface area contributed by atoms with Gasteiger partial charge in [0.1, 0.15) is 5.75 Å². The Bertz CT molecular complexity index is 884. The summed E-state index contributed by atoms with van der Waals surface area (Å²) in [5, 5.41) is 5.75. The summed E-state index contributed by atoms with van der Waals surface area (Å²) in [6, 6.07) is 11.2. The molecule has 154 valence electrons. The van der Waals surface area contributed by atoms with E-state index >= 15 is 0 Å². The number of pyridine rings is 1. The smallest absolute Gasteiger partial charge is 0.237 e. The molecule has 1 saturated heterocycles. The molecule has 29 heavy (non-hydrogen) atoms. The zero-order chi connectivity index (χ0) is 20.8. The van der Waals surface area contributed by atoms with Crippen molar-refractivity contribution in [3.63, 3.8) is 0 Å². The molecule has 0 saturated carbocycles. The average Bonchev–Trinajstić information content (AvgIpc) is 2.69. The molecule has 3 rings (SSSR count). The summed E-state index contributed by atoms with van der Waals surface area (Å²) in [7, 11) is 1.65. The third kappa shape index (κ3) is 5.54. The van der Waals surface area contributed by atoms with Gasteiger partial charge in [0.15, 0.2) is 0 Å². The first-order valence-electron chi connectivity index (χ1n) is 9.81. The van der Waals surface area contributed by atoms with E-state index in [1.807, 2.05) is 44.2 Å². The largest absolute Gasteiger partial charge is 0.496 e. The Morgan fingerprint density at radius 2 is 2.14 bits per heavy atom. The highest BCUT2D eigenvalue weighted by molar-refractivity contribution is 5.88. The van der Waals surface area contributed by atoms with Gasteiger partial charge in [-0.05, 0) is 43.2 Å². The van der Waals surface area contributed by atoms with Crippen LogP contribution in [0, 0.1) is 13.8 Å². The summed E-state index contributed by atoms with van der Waals surface area (Å²) < 4.78 is 5.32. The van der Waals surface area contributed by atoms with Crippen molar-refractivity contribution < 1.29 is 14.3 Å². The fourth-order valence-corrected chi connectivity index (χ4v) is 3.58. The van der Waals surface area contributed by atoms with Crippen LogP contribution in [0.4, 0.5) is 0 Å². The summed E-state index contributed by atoms with van der Waals surface area (Å²) in [4.78, 5) is 31.4. The maximum absolute atomic E-state index is 12.5. The summed E-state index contributed by atoms with van der Waals surface area (Å²) in [6.07, 6.45) is 0.118. The van der Waals surface area contributed by atoms with Gasteiger partial charge in [-0.3, -0.25) is 19.5 Å². The predicted octanol–water partition coefficient (Wildman–Crippen LogP) is 1.71. The lowest BCUT2D eigenvalue weighted by atomic mass is 10.1. The van der Waals surface area contributed by atoms with E-state index in [-0.39, 0.29) is 18.2 Å². The van der Waals surface area contributed by atoms with Gasteiger partial charge in [0.05, 0.1) is 31.8 Å². The van der Waals surface area contributed by atoms with Crippen LogP contribution in [0.5, 0.6) is 5.75 Å². The Balaban J connectivity index is 1.62. The van der Waals surface area contributed by atoms with Crippen LogP contribution < -0.4 is 15.4 Å². The minimum Gasteiger partial charge on any atom is -0.496 e. The van der Waals surface area contributed by atoms with Crippen LogP contribution in [-0.4, -0.2) is 47.9 Å². The van der Waals surface area contributed by atoms with E-state index < -0.39 is 6.04 Å². The van der Waals surface area contributed by atoms with Crippen LogP contribution in [0.3, 0.4) is 0 Å². The maximum atomic E-state index is 12.5. The molecule has 1 aromatic carbocycles. The fraction of sp³-hybridized carbons (Fsp3) is 0.409. The first-order valence-corrected chi connectivity index (χ1v) is 9.81. The number of aryl methyl sites for hydroxylation is 2. The lowest BCUT2D eigenvalue weighted by molar-refractivity contribution is -0.134. The molecule has 2 amide bonds. The van der Waals surface area contributed by atoms with Gasteiger partial charge in [-0.15, -0.1) is 0 Å². The van der Waals surface area contributed by atoms with Gasteiger partial charge < -0.3 is 15.4 Å². The van der Waals surface area contributed by atoms with E-state index in [0.717, 1.165) is 28.3 Å². The zero-order valence-corrected chi connectivity index (χ0v) is 17.2. The number of rotatable bonds is 7. The molecule has 1 aromatic heterocycles. The van der Waals surface area contributed by atoms with Gasteiger partial charge in [0.25, 0.3) is 0 Å². The normalized spacial score (nSPS) is 16.9. The minimum absolute atomic E-state index is 0.106. The van der Waals surface area contributed by atoms with Gasteiger partial charge >= 0.3 is 0 Å². The number of hydrogen-bond donors (Lipinski definition) is 2. The molecule has 0 aliphatic carbocycles. The van der Waals surface area contributed by atoms with Crippen molar-refractivity contribution in [2.24, 2.45) is 0 Å². The van der Waals surface area contributed by atoms with Gasteiger partial charge in [-0.2, -0.15) is 0 Å². The van der Waals surface area contributed by atoms with Crippen molar-refractivity contribution in [3.8, 4) is 5.75 Å². The van der Waals surface area contributed by atoms with Crippen LogP contribution in [-0.2, 0) is 22.7 Å². The zero-order valence-electron chi connectivity index (χ0n) is 17.2. The molecule has 2 heterocycles. The Hall–Kier alpha value is -2.93. The lowest BCUT2D eigenvalue weighted by Crippen LogP contribution is -2.56. The van der Waals surface area contributed by atoms with Crippen LogP contribution in [0.15, 0.2) is 36.4 Å². The number of amides is 2. The molecule has 7 heteroatoms. The van der Waals surface area contributed by atoms with E-state index in [1.165, 1.54) is 0 Å². The number of carbonyl (C=O) groups excluding carboxylic acids is 2. The molecule has 1 aliphatic rings. The Morgan fingerprint density at radius 3 is 2.86 bits per heavy atom. The van der Waals surface area contributed by atoms with Crippen LogP contribution in [0.2, 0.25) is 0 Å². The molecular weight excluding hydrogens is 368 g/mol. The Labute approximate surface area is 171 Å². The summed E-state index contributed by atoms with van der Waals surface area (Å²) in [5.74, 6) is 0.572. The third-order valence-corrected chi connectivity index (χ3v) is 5.08. The van der Waals surface area contributed by atoms with Crippen LogP contribution in [0.25, 0.3) is 0 Å². The highest BCUT2D eigenvalue weighted by atomic mass is 16.5. The van der Waals surface area contributed by atoms with Crippen LogP contribution in [0.1, 0.15) is 28.9 Å². The SMILES string of the molecule is COc1ccc(CN2CCNC(=O)C2CC(=O)NCc2cccc(C)n2)cc1C. The second kappa shape index (κ2) is 9.52. The molecule has 1 fully saturated rings. The molecule has 1 unspecified atom stereocenters. The van der Waals surface area contributed by atoms with Gasteiger partial charge in [-0.25, -0.2) is 0 Å². The maximum Gasteiger partial charge on any atom is 0.237 e. The summed E-state index contributed by atoms with van der Waals surface area (Å²) in [5.41, 5.74) is 3.85. The highest BCUT2D eigenvalue weighted by Crippen LogP contribution is 2.21. The number of piperazine rings is 1. The van der Waals surface area contributed by atoms with E-state index in [0.29, 0.717) is 26.2 Å². The van der Waals surface area contributed by atoms with Gasteiger partial charge in [0.2, 0.25) is 11.8 Å². The lowest BCUT2D eigenvalue weighted by Gasteiger charge is -2.34. The van der Waals surface area contributed by atoms with E-state index in [4.69, 9.17) is 4.74 Å². The Kier molecular flexibility index (Phi) is 6.82. The van der Waals surface area contributed by atoms with Crippen LogP contribution >= 0.6 is 0 Å². The number of carbonyl (C=O) groups is 2. The fourth-order valence-electron chi connectivity index (χ4n) is 3.58. The molecule has 2 N–H and O–H groups in total. The predicted molar refractivity (Wildman–Crippen MR) is 110 cm³/mol. The molecule has 1 aliphatic heterocycles. The second-order valence-electron chi connectivity index (χ2n) is 7.33. The Morgan fingerprint density at radius 1 is 1.31 bits per heavy atom. The number of benzene rings is 1. The minimum atomic E-state index is -0.489. The quantitative estimate of drug-likeness (QED) is 0.745. The average molecular weight is 396 g/mol. The van der Waals surface area contributed by atoms with Gasteiger partial charge in [0, 0.05) is 25.3 Å². The molecule has 2 aromatic rings. The number of nitrogens with zero attached hydrogens (tertiary/aromatic N) is 2. The second-order valence-corrected chi connectivity index (χ2v) is 7.33. The standard InChI is InChI=1S/C22H28N4O3/c1-15-11-17(7-8-20(15)29-3)14-26-10-9-23-22(28)19(26)12-21(27)24-13-18-6-4-5-16(2)25-18/h4-8,11,19H,9-10,12-14H2,1-3H3,(H,23,28)(H,24,27). The number of nitrogens with one attached hydrogen (secondary N) is 2. The molecule has 1 atom stereocenters. The highest BCUT2D eigenvalue weighted by Gasteiger charge is 2.31. The third-order valence-electron chi connectivity index (χ3n) is 5.08. The molecule has 7 nitrogen and oxygen atoms in total. The van der Waals surface area contributed by atoms with E-state index in [2.05, 4.69) is 26.6 Å². The topological polar surface area (TPSA) is 83.6 Å². The monoisotopic (exact) mass is 396 g/mol. The number of ether oxygens (including phenoxy) is 1. The molecule has 0 bridgehead atoms.